The van der Waals surface area contributed by atoms with Crippen LogP contribution in [-0.2, 0) is 0 Å². The Labute approximate surface area is 68.7 Å². The molecule has 1 heterocycles. The molecular weight excluding hydrogens is 136 g/mol. The molecule has 0 amide bonds. The molecular formula is C9H18N2. The van der Waals surface area contributed by atoms with Gasteiger partial charge in [0.05, 0.1) is 0 Å². The highest BCUT2D eigenvalue weighted by Gasteiger charge is 2.31. The molecule has 0 aromatic heterocycles. The Hall–Kier alpha value is -0.0800. The summed E-state index contributed by atoms with van der Waals surface area (Å²) < 4.78 is 0. The van der Waals surface area contributed by atoms with Crippen molar-refractivity contribution >= 4 is 0 Å². The summed E-state index contributed by atoms with van der Waals surface area (Å²) in [5.41, 5.74) is 5.92. The maximum Gasteiger partial charge on any atom is 0.0206 e. The zero-order valence-corrected chi connectivity index (χ0v) is 7.29. The van der Waals surface area contributed by atoms with E-state index in [1.54, 1.807) is 0 Å². The van der Waals surface area contributed by atoms with Crippen molar-refractivity contribution in [3.63, 3.8) is 0 Å². The van der Waals surface area contributed by atoms with E-state index in [9.17, 15) is 0 Å². The first-order chi connectivity index (χ1) is 5.25. The lowest BCUT2D eigenvalue weighted by Crippen LogP contribution is -2.29. The third-order valence-electron chi connectivity index (χ3n) is 2.96. The first kappa shape index (κ1) is 7.56. The van der Waals surface area contributed by atoms with Crippen LogP contribution in [0.3, 0.4) is 0 Å². The third kappa shape index (κ3) is 1.74. The van der Waals surface area contributed by atoms with Crippen LogP contribution >= 0.6 is 0 Å². The van der Waals surface area contributed by atoms with Crippen LogP contribution in [0.15, 0.2) is 0 Å². The average Bonchev–Trinajstić information content (AvgIpc) is 2.65. The summed E-state index contributed by atoms with van der Waals surface area (Å²) in [4.78, 5) is 2.53. The van der Waals surface area contributed by atoms with Crippen molar-refractivity contribution in [1.29, 1.82) is 0 Å². The second kappa shape index (κ2) is 2.76. The smallest absolute Gasteiger partial charge is 0.0206 e. The molecule has 2 aliphatic rings. The fourth-order valence-corrected chi connectivity index (χ4v) is 1.91. The predicted octanol–water partition coefficient (Wildman–Crippen LogP) is 0.675. The number of nitrogens with two attached hydrogens (primary N) is 1. The molecule has 1 aliphatic carbocycles. The highest BCUT2D eigenvalue weighted by atomic mass is 15.2. The molecule has 0 aromatic carbocycles. The van der Waals surface area contributed by atoms with E-state index in [1.807, 2.05) is 0 Å². The summed E-state index contributed by atoms with van der Waals surface area (Å²) in [5.74, 6) is 1.74. The van der Waals surface area contributed by atoms with Crippen LogP contribution in [0.4, 0.5) is 0 Å². The van der Waals surface area contributed by atoms with Gasteiger partial charge in [0.25, 0.3) is 0 Å². The summed E-state index contributed by atoms with van der Waals surface area (Å²) in [7, 11) is 0. The van der Waals surface area contributed by atoms with Crippen molar-refractivity contribution in [1.82, 2.24) is 4.90 Å². The average molecular weight is 154 g/mol. The highest BCUT2D eigenvalue weighted by molar-refractivity contribution is 4.87. The molecule has 2 atom stereocenters. The molecule has 2 fully saturated rings. The zero-order valence-electron chi connectivity index (χ0n) is 7.29. The monoisotopic (exact) mass is 154 g/mol. The second-order valence-electron chi connectivity index (χ2n) is 4.30. The van der Waals surface area contributed by atoms with E-state index < -0.39 is 0 Å². The summed E-state index contributed by atoms with van der Waals surface area (Å²) in [6.45, 7) is 5.95. The SMILES string of the molecule is CC1CN(CC2CC2)CC1N. The fourth-order valence-electron chi connectivity index (χ4n) is 1.91. The molecule has 64 valence electrons. The van der Waals surface area contributed by atoms with Gasteiger partial charge in [-0.1, -0.05) is 6.92 Å². The van der Waals surface area contributed by atoms with E-state index in [-0.39, 0.29) is 0 Å². The van der Waals surface area contributed by atoms with Gasteiger partial charge in [-0.25, -0.2) is 0 Å². The van der Waals surface area contributed by atoms with Crippen LogP contribution in [-0.4, -0.2) is 30.6 Å². The maximum atomic E-state index is 5.92. The van der Waals surface area contributed by atoms with Crippen LogP contribution in [0, 0.1) is 11.8 Å². The molecule has 0 aromatic rings. The van der Waals surface area contributed by atoms with Crippen molar-refractivity contribution < 1.29 is 0 Å². The molecule has 0 spiro atoms. The lowest BCUT2D eigenvalue weighted by Gasteiger charge is -2.13. The Bertz CT molecular complexity index is 130. The van der Waals surface area contributed by atoms with E-state index in [0.29, 0.717) is 12.0 Å². The molecule has 2 rings (SSSR count). The van der Waals surface area contributed by atoms with Gasteiger partial charge in [0.2, 0.25) is 0 Å². The second-order valence-corrected chi connectivity index (χ2v) is 4.30. The largest absolute Gasteiger partial charge is 0.326 e. The Morgan fingerprint density at radius 2 is 2.09 bits per heavy atom. The summed E-state index contributed by atoms with van der Waals surface area (Å²) >= 11 is 0. The Morgan fingerprint density at radius 3 is 2.55 bits per heavy atom. The quantitative estimate of drug-likeness (QED) is 0.633. The van der Waals surface area contributed by atoms with Gasteiger partial charge in [-0.15, -0.1) is 0 Å². The van der Waals surface area contributed by atoms with Gasteiger partial charge in [-0.05, 0) is 24.7 Å². The number of likely N-dealkylation sites (tertiary alicyclic amines) is 1. The van der Waals surface area contributed by atoms with E-state index in [1.165, 1.54) is 25.9 Å². The topological polar surface area (TPSA) is 29.3 Å². The fraction of sp³-hybridized carbons (Fsp3) is 1.00. The van der Waals surface area contributed by atoms with Crippen LogP contribution in [0.25, 0.3) is 0 Å². The summed E-state index contributed by atoms with van der Waals surface area (Å²) in [6.07, 6.45) is 2.92. The van der Waals surface area contributed by atoms with Gasteiger partial charge in [0.1, 0.15) is 0 Å². The molecule has 0 bridgehead atoms. The molecule has 2 nitrogen and oxygen atoms in total. The van der Waals surface area contributed by atoms with E-state index in [2.05, 4.69) is 11.8 Å². The van der Waals surface area contributed by atoms with Crippen molar-refractivity contribution in [3.8, 4) is 0 Å². The molecule has 1 saturated heterocycles. The van der Waals surface area contributed by atoms with Crippen molar-refractivity contribution in [2.45, 2.75) is 25.8 Å². The van der Waals surface area contributed by atoms with Gasteiger partial charge >= 0.3 is 0 Å². The molecule has 2 unspecified atom stereocenters. The Balaban J connectivity index is 1.78. The van der Waals surface area contributed by atoms with Crippen LogP contribution < -0.4 is 5.73 Å². The first-order valence-electron chi connectivity index (χ1n) is 4.73. The van der Waals surface area contributed by atoms with Gasteiger partial charge in [-0.2, -0.15) is 0 Å². The summed E-state index contributed by atoms with van der Waals surface area (Å²) in [5, 5.41) is 0. The van der Waals surface area contributed by atoms with Crippen LogP contribution in [0.2, 0.25) is 0 Å². The van der Waals surface area contributed by atoms with Crippen molar-refractivity contribution in [3.05, 3.63) is 0 Å². The molecule has 1 aliphatic heterocycles. The molecule has 0 radical (unpaired) electrons. The highest BCUT2D eigenvalue weighted by Crippen LogP contribution is 2.31. The molecule has 2 N–H and O–H groups in total. The van der Waals surface area contributed by atoms with Crippen molar-refractivity contribution in [2.24, 2.45) is 17.6 Å². The minimum absolute atomic E-state index is 0.439. The van der Waals surface area contributed by atoms with Crippen LogP contribution in [0.5, 0.6) is 0 Å². The normalized spacial score (nSPS) is 39.8. The maximum absolute atomic E-state index is 5.92. The minimum Gasteiger partial charge on any atom is -0.326 e. The van der Waals surface area contributed by atoms with Gasteiger partial charge in [-0.3, -0.25) is 0 Å². The predicted molar refractivity (Wildman–Crippen MR) is 46.3 cm³/mol. The van der Waals surface area contributed by atoms with Gasteiger partial charge in [0, 0.05) is 25.7 Å². The number of hydrogen-bond donors (Lipinski definition) is 1. The first-order valence-corrected chi connectivity index (χ1v) is 4.73. The van der Waals surface area contributed by atoms with Crippen LogP contribution in [0.1, 0.15) is 19.8 Å². The minimum atomic E-state index is 0.439. The zero-order chi connectivity index (χ0) is 7.84. The summed E-state index contributed by atoms with van der Waals surface area (Å²) in [6, 6.07) is 0.439. The number of hydrogen-bond acceptors (Lipinski definition) is 2. The van der Waals surface area contributed by atoms with Gasteiger partial charge in [0.15, 0.2) is 0 Å². The third-order valence-corrected chi connectivity index (χ3v) is 2.96. The Morgan fingerprint density at radius 1 is 1.36 bits per heavy atom. The van der Waals surface area contributed by atoms with Crippen molar-refractivity contribution in [2.75, 3.05) is 19.6 Å². The number of rotatable bonds is 2. The standard InChI is InChI=1S/C9H18N2/c1-7-4-11(6-9(7)10)5-8-2-3-8/h7-9H,2-6,10H2,1H3. The van der Waals surface area contributed by atoms with E-state index >= 15 is 0 Å². The van der Waals surface area contributed by atoms with Gasteiger partial charge < -0.3 is 10.6 Å². The Kier molecular flexibility index (Phi) is 1.90. The lowest BCUT2D eigenvalue weighted by atomic mass is 10.1. The lowest BCUT2D eigenvalue weighted by molar-refractivity contribution is 0.313. The number of nitrogens with zero attached hydrogens (tertiary/aromatic N) is 1. The van der Waals surface area contributed by atoms with E-state index in [0.717, 1.165) is 12.5 Å². The molecule has 11 heavy (non-hydrogen) atoms. The van der Waals surface area contributed by atoms with E-state index in [4.69, 9.17) is 5.73 Å². The molecule has 1 saturated carbocycles. The molecule has 2 heteroatoms.